The van der Waals surface area contributed by atoms with Crippen LogP contribution in [0, 0.1) is 17.5 Å². The van der Waals surface area contributed by atoms with E-state index in [1.54, 1.807) is 0 Å². The molecule has 1 aliphatic rings. The zero-order valence-corrected chi connectivity index (χ0v) is 12.2. The largest absolute Gasteiger partial charge is 0.368 e. The molecule has 21 heavy (non-hydrogen) atoms. The summed E-state index contributed by atoms with van der Waals surface area (Å²) in [4.78, 5) is 12.2. The molecular weight excluding hydrogens is 309 g/mol. The van der Waals surface area contributed by atoms with Gasteiger partial charge in [-0.1, -0.05) is 0 Å². The van der Waals surface area contributed by atoms with Crippen LogP contribution in [-0.4, -0.2) is 31.7 Å². The Bertz CT molecular complexity index is 499. The molecule has 1 aromatic rings. The van der Waals surface area contributed by atoms with E-state index in [1.807, 2.05) is 0 Å². The van der Waals surface area contributed by atoms with E-state index in [9.17, 15) is 18.0 Å². The summed E-state index contributed by atoms with van der Waals surface area (Å²) in [5, 5.41) is 5.46. The van der Waals surface area contributed by atoms with E-state index in [2.05, 4.69) is 10.6 Å². The second-order valence-corrected chi connectivity index (χ2v) is 4.66. The van der Waals surface area contributed by atoms with E-state index < -0.39 is 29.0 Å². The minimum Gasteiger partial charge on any atom is -0.368 e. The quantitative estimate of drug-likeness (QED) is 0.838. The Kier molecular flexibility index (Phi) is 6.00. The van der Waals surface area contributed by atoms with Crippen molar-refractivity contribution in [3.05, 3.63) is 29.6 Å². The molecule has 1 fully saturated rings. The van der Waals surface area contributed by atoms with E-state index in [0.717, 1.165) is 12.1 Å². The summed E-state index contributed by atoms with van der Waals surface area (Å²) >= 11 is 0. The summed E-state index contributed by atoms with van der Waals surface area (Å²) < 4.78 is 44.3. The first kappa shape index (κ1) is 17.7. The number of rotatable bonds is 3. The normalized spacial score (nSPS) is 17.0. The van der Waals surface area contributed by atoms with E-state index in [-0.39, 0.29) is 18.1 Å². The summed E-state index contributed by atoms with van der Waals surface area (Å²) in [5.41, 5.74) is -1.17. The number of ether oxygens (including phenoxy) is 1. The molecule has 0 atom stereocenters. The van der Waals surface area contributed by atoms with Crippen molar-refractivity contribution in [2.75, 3.05) is 25.5 Å². The number of methoxy groups -OCH3 is 1. The highest BCUT2D eigenvalue weighted by Gasteiger charge is 2.39. The Hall–Kier alpha value is -1.31. The average molecular weight is 325 g/mol. The van der Waals surface area contributed by atoms with Gasteiger partial charge < -0.3 is 15.4 Å². The molecular formula is C13H16ClF3N2O2. The molecule has 2 N–H and O–H groups in total. The lowest BCUT2D eigenvalue weighted by atomic mass is 9.91. The fourth-order valence-electron chi connectivity index (χ4n) is 2.23. The maximum atomic E-state index is 13.1. The van der Waals surface area contributed by atoms with Crippen LogP contribution in [-0.2, 0) is 9.53 Å². The van der Waals surface area contributed by atoms with Crippen LogP contribution in [0.4, 0.5) is 18.9 Å². The molecule has 1 aromatic carbocycles. The molecule has 0 unspecified atom stereocenters. The van der Waals surface area contributed by atoms with Crippen LogP contribution < -0.4 is 10.6 Å². The fourth-order valence-corrected chi connectivity index (χ4v) is 2.23. The van der Waals surface area contributed by atoms with Crippen LogP contribution in [0.25, 0.3) is 0 Å². The van der Waals surface area contributed by atoms with Gasteiger partial charge in [-0.3, -0.25) is 4.79 Å². The second-order valence-electron chi connectivity index (χ2n) is 4.66. The van der Waals surface area contributed by atoms with Gasteiger partial charge in [0.2, 0.25) is 0 Å². The molecule has 1 aliphatic heterocycles. The molecule has 0 aliphatic carbocycles. The predicted molar refractivity (Wildman–Crippen MR) is 74.0 cm³/mol. The molecule has 118 valence electrons. The fraction of sp³-hybridized carbons (Fsp3) is 0.462. The number of benzene rings is 1. The van der Waals surface area contributed by atoms with E-state index in [1.165, 1.54) is 7.11 Å². The number of hydrogen-bond donors (Lipinski definition) is 2. The highest BCUT2D eigenvalue weighted by Crippen LogP contribution is 2.25. The van der Waals surface area contributed by atoms with Crippen LogP contribution in [0.1, 0.15) is 12.8 Å². The molecule has 8 heteroatoms. The van der Waals surface area contributed by atoms with Gasteiger partial charge in [0, 0.05) is 24.9 Å². The summed E-state index contributed by atoms with van der Waals surface area (Å²) in [5.74, 6) is -4.76. The molecule has 0 radical (unpaired) electrons. The minimum atomic E-state index is -1.56. The van der Waals surface area contributed by atoms with Crippen molar-refractivity contribution < 1.29 is 22.7 Å². The number of amides is 1. The predicted octanol–water partition coefficient (Wildman–Crippen LogP) is 2.23. The number of piperidine rings is 1. The minimum absolute atomic E-state index is 0. The summed E-state index contributed by atoms with van der Waals surface area (Å²) in [6.45, 7) is 1.21. The highest BCUT2D eigenvalue weighted by atomic mass is 35.5. The SMILES string of the molecule is COC1(C(=O)Nc2cc(F)c(F)c(F)c2)CCNCC1.Cl. The van der Waals surface area contributed by atoms with Crippen molar-refractivity contribution in [3.8, 4) is 0 Å². The van der Waals surface area contributed by atoms with Crippen LogP contribution in [0.15, 0.2) is 12.1 Å². The number of carbonyl (C=O) groups excluding carboxylic acids is 1. The maximum Gasteiger partial charge on any atom is 0.256 e. The van der Waals surface area contributed by atoms with Crippen molar-refractivity contribution in [1.29, 1.82) is 0 Å². The second kappa shape index (κ2) is 7.11. The van der Waals surface area contributed by atoms with E-state index in [0.29, 0.717) is 25.9 Å². The number of carbonyl (C=O) groups is 1. The highest BCUT2D eigenvalue weighted by molar-refractivity contribution is 5.97. The van der Waals surface area contributed by atoms with Crippen LogP contribution >= 0.6 is 12.4 Å². The van der Waals surface area contributed by atoms with Crippen LogP contribution in [0.3, 0.4) is 0 Å². The Morgan fingerprint density at radius 3 is 2.24 bits per heavy atom. The van der Waals surface area contributed by atoms with Crippen molar-refractivity contribution in [3.63, 3.8) is 0 Å². The lowest BCUT2D eigenvalue weighted by molar-refractivity contribution is -0.140. The Morgan fingerprint density at radius 2 is 1.76 bits per heavy atom. The number of halogens is 4. The van der Waals surface area contributed by atoms with Gasteiger partial charge in [0.15, 0.2) is 17.5 Å². The zero-order chi connectivity index (χ0) is 14.8. The van der Waals surface area contributed by atoms with Crippen molar-refractivity contribution in [2.24, 2.45) is 0 Å². The first-order chi connectivity index (χ1) is 9.48. The van der Waals surface area contributed by atoms with Crippen LogP contribution in [0.5, 0.6) is 0 Å². The maximum absolute atomic E-state index is 13.1. The standard InChI is InChI=1S/C13H15F3N2O2.ClH/c1-20-13(2-4-17-5-3-13)12(19)18-8-6-9(14)11(16)10(15)7-8;/h6-7,17H,2-5H2,1H3,(H,18,19);1H. The molecule has 2 rings (SSSR count). The van der Waals surface area contributed by atoms with Gasteiger partial charge in [-0.05, 0) is 25.9 Å². The van der Waals surface area contributed by atoms with E-state index in [4.69, 9.17) is 4.74 Å². The van der Waals surface area contributed by atoms with Gasteiger partial charge >= 0.3 is 0 Å². The summed E-state index contributed by atoms with van der Waals surface area (Å²) in [6, 6.07) is 1.47. The monoisotopic (exact) mass is 324 g/mol. The van der Waals surface area contributed by atoms with Gasteiger partial charge in [0.1, 0.15) is 5.60 Å². The van der Waals surface area contributed by atoms with Gasteiger partial charge in [-0.25, -0.2) is 13.2 Å². The average Bonchev–Trinajstić information content (AvgIpc) is 2.45. The molecule has 0 bridgehead atoms. The van der Waals surface area contributed by atoms with Crippen molar-refractivity contribution in [2.45, 2.75) is 18.4 Å². The third-order valence-corrected chi connectivity index (χ3v) is 3.46. The van der Waals surface area contributed by atoms with Gasteiger partial charge in [-0.2, -0.15) is 0 Å². The summed E-state index contributed by atoms with van der Waals surface area (Å²) in [6.07, 6.45) is 0.892. The Morgan fingerprint density at radius 1 is 1.24 bits per heavy atom. The molecule has 4 nitrogen and oxygen atoms in total. The first-order valence-corrected chi connectivity index (χ1v) is 6.20. The molecule has 0 aromatic heterocycles. The first-order valence-electron chi connectivity index (χ1n) is 6.20. The van der Waals surface area contributed by atoms with Crippen molar-refractivity contribution in [1.82, 2.24) is 5.32 Å². The molecule has 0 spiro atoms. The number of anilines is 1. The smallest absolute Gasteiger partial charge is 0.256 e. The lowest BCUT2D eigenvalue weighted by Gasteiger charge is -2.34. The zero-order valence-electron chi connectivity index (χ0n) is 11.3. The number of hydrogen-bond acceptors (Lipinski definition) is 3. The lowest BCUT2D eigenvalue weighted by Crippen LogP contribution is -2.51. The topological polar surface area (TPSA) is 50.4 Å². The van der Waals surface area contributed by atoms with Crippen molar-refractivity contribution >= 4 is 24.0 Å². The summed E-state index contributed by atoms with van der Waals surface area (Å²) in [7, 11) is 1.41. The molecule has 1 amide bonds. The van der Waals surface area contributed by atoms with Gasteiger partial charge in [0.05, 0.1) is 0 Å². The van der Waals surface area contributed by atoms with Gasteiger partial charge in [0.25, 0.3) is 5.91 Å². The Balaban J connectivity index is 0.00000220. The molecule has 1 heterocycles. The molecule has 1 saturated heterocycles. The molecule has 0 saturated carbocycles. The third-order valence-electron chi connectivity index (χ3n) is 3.46. The third kappa shape index (κ3) is 3.66. The van der Waals surface area contributed by atoms with Gasteiger partial charge in [-0.15, -0.1) is 12.4 Å². The van der Waals surface area contributed by atoms with E-state index >= 15 is 0 Å². The number of nitrogens with one attached hydrogen (secondary N) is 2. The Labute approximate surface area is 126 Å². The van der Waals surface area contributed by atoms with Crippen LogP contribution in [0.2, 0.25) is 0 Å².